The van der Waals surface area contributed by atoms with E-state index in [9.17, 15) is 19.2 Å². The summed E-state index contributed by atoms with van der Waals surface area (Å²) >= 11 is 0. The van der Waals surface area contributed by atoms with Crippen molar-refractivity contribution in [1.29, 1.82) is 0 Å². The average Bonchev–Trinajstić information content (AvgIpc) is 4.08. The van der Waals surface area contributed by atoms with Gasteiger partial charge in [0.1, 0.15) is 23.7 Å². The van der Waals surface area contributed by atoms with E-state index in [1.807, 2.05) is 31.2 Å². The molecule has 2 saturated heterocycles. The molecule has 304 valence electrons. The van der Waals surface area contributed by atoms with Crippen LogP contribution in [0.5, 0.6) is 0 Å². The predicted molar refractivity (Wildman–Crippen MR) is 211 cm³/mol. The maximum absolute atomic E-state index is 13.7. The van der Waals surface area contributed by atoms with Crippen LogP contribution in [0.4, 0.5) is 9.59 Å². The number of aromatic amines is 2. The number of carbonyl (C=O) groups excluding carboxylic acids is 4. The molecule has 2 aromatic heterocycles. The highest BCUT2D eigenvalue weighted by molar-refractivity contribution is 5.87. The van der Waals surface area contributed by atoms with E-state index in [2.05, 4.69) is 49.9 Å². The fraction of sp³-hybridized carbons (Fsp3) is 0.463. The van der Waals surface area contributed by atoms with E-state index in [4.69, 9.17) is 23.9 Å². The molecule has 2 aliphatic rings. The lowest BCUT2D eigenvalue weighted by Gasteiger charge is -2.30. The molecule has 4 amide bonds. The topological polar surface area (TPSA) is 193 Å². The van der Waals surface area contributed by atoms with Gasteiger partial charge < -0.3 is 49.3 Å². The molecule has 16 heteroatoms. The molecule has 0 radical (unpaired) electrons. The minimum Gasteiger partial charge on any atom is -0.453 e. The molecule has 1 unspecified atom stereocenters. The number of alkyl carbamates (subject to hydrolysis) is 2. The third-order valence-corrected chi connectivity index (χ3v) is 11.0. The van der Waals surface area contributed by atoms with Gasteiger partial charge in [-0.2, -0.15) is 0 Å². The lowest BCUT2D eigenvalue weighted by molar-refractivity contribution is -0.138. The Morgan fingerprint density at radius 1 is 0.684 bits per heavy atom. The highest BCUT2D eigenvalue weighted by Crippen LogP contribution is 2.36. The molecule has 0 bridgehead atoms. The zero-order chi connectivity index (χ0) is 40.8. The maximum atomic E-state index is 13.7. The van der Waals surface area contributed by atoms with Gasteiger partial charge in [-0.1, -0.05) is 48.5 Å². The van der Waals surface area contributed by atoms with E-state index in [0.717, 1.165) is 65.0 Å². The summed E-state index contributed by atoms with van der Waals surface area (Å²) in [4.78, 5) is 71.3. The van der Waals surface area contributed by atoms with Crippen molar-refractivity contribution in [2.24, 2.45) is 0 Å². The number of nitrogens with one attached hydrogen (secondary N) is 4. The first-order chi connectivity index (χ1) is 27.5. The van der Waals surface area contributed by atoms with Crippen molar-refractivity contribution in [3.63, 3.8) is 0 Å². The molecule has 2 aliphatic heterocycles. The first-order valence-electron chi connectivity index (χ1n) is 19.2. The van der Waals surface area contributed by atoms with Gasteiger partial charge in [-0.3, -0.25) is 9.59 Å². The number of aromatic nitrogens is 4. The van der Waals surface area contributed by atoms with Crippen LogP contribution in [0.15, 0.2) is 54.7 Å². The van der Waals surface area contributed by atoms with Gasteiger partial charge in [0.15, 0.2) is 0 Å². The smallest absolute Gasteiger partial charge is 0.407 e. The Bertz CT molecular complexity index is 2030. The summed E-state index contributed by atoms with van der Waals surface area (Å²) in [5.74, 6) is 0.880. The van der Waals surface area contributed by atoms with Crippen molar-refractivity contribution in [3.8, 4) is 33.6 Å². The summed E-state index contributed by atoms with van der Waals surface area (Å²) in [7, 11) is 5.51. The zero-order valence-electron chi connectivity index (χ0n) is 33.5. The SMILES string of the molecule is COC(=O)N[C@H](C(=O)N1CCC[C@H]1c1ncc(-c2ccc(-c3ccc(-c4nc([C@@H]5CCCN5C(=O)[C@@H](NC(=O)OC)[C@@H](C)OC)[nH]c4C)cc3)cc2)[nH]1)C(C)OC. The molecule has 6 atom stereocenters. The monoisotopic (exact) mass is 784 g/mol. The number of likely N-dealkylation sites (tertiary alicyclic amines) is 2. The summed E-state index contributed by atoms with van der Waals surface area (Å²) in [5, 5.41) is 5.25. The Morgan fingerprint density at radius 3 is 1.61 bits per heavy atom. The number of rotatable bonds is 13. The molecule has 0 saturated carbocycles. The van der Waals surface area contributed by atoms with Crippen LogP contribution in [-0.2, 0) is 28.5 Å². The van der Waals surface area contributed by atoms with Crippen LogP contribution in [0, 0.1) is 6.92 Å². The Balaban J connectivity index is 1.13. The van der Waals surface area contributed by atoms with Crippen LogP contribution in [0.3, 0.4) is 0 Å². The molecule has 57 heavy (non-hydrogen) atoms. The van der Waals surface area contributed by atoms with E-state index < -0.39 is 36.5 Å². The quantitative estimate of drug-likeness (QED) is 0.139. The molecule has 4 N–H and O–H groups in total. The highest BCUT2D eigenvalue weighted by atomic mass is 16.5. The van der Waals surface area contributed by atoms with Crippen molar-refractivity contribution in [2.75, 3.05) is 41.5 Å². The summed E-state index contributed by atoms with van der Waals surface area (Å²) in [6, 6.07) is 14.0. The number of aryl methyl sites for hydroxylation is 1. The number of hydrogen-bond donors (Lipinski definition) is 4. The van der Waals surface area contributed by atoms with E-state index >= 15 is 0 Å². The highest BCUT2D eigenvalue weighted by Gasteiger charge is 2.40. The summed E-state index contributed by atoms with van der Waals surface area (Å²) in [6.45, 7) is 6.51. The Kier molecular flexibility index (Phi) is 12.9. The molecule has 4 heterocycles. The lowest BCUT2D eigenvalue weighted by Crippen LogP contribution is -2.54. The van der Waals surface area contributed by atoms with Gasteiger partial charge in [-0.05, 0) is 63.1 Å². The molecule has 0 spiro atoms. The minimum absolute atomic E-state index is 0.249. The third kappa shape index (κ3) is 8.81. The van der Waals surface area contributed by atoms with Crippen LogP contribution < -0.4 is 10.6 Å². The zero-order valence-corrected chi connectivity index (χ0v) is 33.5. The van der Waals surface area contributed by atoms with Crippen LogP contribution >= 0.6 is 0 Å². The second-order valence-electron chi connectivity index (χ2n) is 14.4. The Hall–Kier alpha value is -5.74. The largest absolute Gasteiger partial charge is 0.453 e. The first-order valence-corrected chi connectivity index (χ1v) is 19.2. The van der Waals surface area contributed by atoms with Crippen LogP contribution in [0.1, 0.15) is 69.0 Å². The second-order valence-corrected chi connectivity index (χ2v) is 14.4. The van der Waals surface area contributed by atoms with E-state index in [0.29, 0.717) is 24.7 Å². The normalized spacial score (nSPS) is 18.8. The number of carbonyl (C=O) groups is 4. The number of imidazole rings is 2. The first kappa shape index (κ1) is 40.9. The molecule has 4 aromatic rings. The predicted octanol–water partition coefficient (Wildman–Crippen LogP) is 5.29. The van der Waals surface area contributed by atoms with Gasteiger partial charge in [0.05, 0.1) is 56.1 Å². The van der Waals surface area contributed by atoms with E-state index in [1.54, 1.807) is 29.8 Å². The van der Waals surface area contributed by atoms with Gasteiger partial charge in [0.25, 0.3) is 0 Å². The minimum atomic E-state index is -0.903. The lowest BCUT2D eigenvalue weighted by atomic mass is 10.0. The number of ether oxygens (including phenoxy) is 4. The number of benzene rings is 2. The number of nitrogens with zero attached hydrogens (tertiary/aromatic N) is 4. The summed E-state index contributed by atoms with van der Waals surface area (Å²) < 4.78 is 20.3. The molecular weight excluding hydrogens is 732 g/mol. The number of methoxy groups -OCH3 is 4. The number of hydrogen-bond acceptors (Lipinski definition) is 10. The van der Waals surface area contributed by atoms with E-state index in [-0.39, 0.29) is 23.9 Å². The average molecular weight is 785 g/mol. The fourth-order valence-electron chi connectivity index (χ4n) is 7.63. The number of H-pyrrole nitrogens is 2. The molecule has 16 nitrogen and oxygen atoms in total. The van der Waals surface area contributed by atoms with Crippen LogP contribution in [0.2, 0.25) is 0 Å². The van der Waals surface area contributed by atoms with Crippen molar-refractivity contribution in [3.05, 3.63) is 72.1 Å². The third-order valence-electron chi connectivity index (χ3n) is 11.0. The van der Waals surface area contributed by atoms with Gasteiger partial charge in [0.2, 0.25) is 11.8 Å². The van der Waals surface area contributed by atoms with Gasteiger partial charge in [0, 0.05) is 38.6 Å². The van der Waals surface area contributed by atoms with Gasteiger partial charge in [-0.25, -0.2) is 19.6 Å². The van der Waals surface area contributed by atoms with Crippen LogP contribution in [-0.4, -0.2) is 120 Å². The van der Waals surface area contributed by atoms with Crippen molar-refractivity contribution in [1.82, 2.24) is 40.4 Å². The van der Waals surface area contributed by atoms with Gasteiger partial charge in [-0.15, -0.1) is 0 Å². The Morgan fingerprint density at radius 2 is 1.14 bits per heavy atom. The van der Waals surface area contributed by atoms with Crippen molar-refractivity contribution in [2.45, 2.75) is 82.8 Å². The summed E-state index contributed by atoms with van der Waals surface area (Å²) in [5.41, 5.74) is 6.49. The van der Waals surface area contributed by atoms with Crippen LogP contribution in [0.25, 0.3) is 33.6 Å². The molecule has 0 aliphatic carbocycles. The van der Waals surface area contributed by atoms with E-state index in [1.165, 1.54) is 28.4 Å². The van der Waals surface area contributed by atoms with Crippen molar-refractivity contribution < 1.29 is 38.1 Å². The maximum Gasteiger partial charge on any atom is 0.407 e. The Labute approximate surface area is 332 Å². The molecule has 6 rings (SSSR count). The number of amides is 4. The standard InChI is InChI=1S/C41H52N8O8/c1-23-33(45-37(43-23)32-11-9-21-49(32)39(51)35(25(3)55-5)47-41(53)57-7)29-18-14-27(15-19-29)26-12-16-28(17-13-26)30-22-42-36(44-30)31-10-8-20-48(31)38(50)34(24(2)54-4)46-40(52)56-6/h12-19,22,24-25,31-32,34-35H,8-11,20-21H2,1-7H3,(H,42,44)(H,43,45)(H,46,52)(H,47,53)/t24?,25-,31+,32+,34+,35+/m1/s1. The summed E-state index contributed by atoms with van der Waals surface area (Å²) in [6.07, 6.45) is 2.36. The van der Waals surface area contributed by atoms with Crippen molar-refractivity contribution >= 4 is 24.0 Å². The van der Waals surface area contributed by atoms with Gasteiger partial charge >= 0.3 is 12.2 Å². The molecule has 2 fully saturated rings. The second kappa shape index (κ2) is 18.0. The fourth-order valence-corrected chi connectivity index (χ4v) is 7.63. The molecular formula is C41H52N8O8. The molecule has 2 aromatic carbocycles.